The highest BCUT2D eigenvalue weighted by Gasteiger charge is 2.36. The predicted molar refractivity (Wildman–Crippen MR) is 48.9 cm³/mol. The summed E-state index contributed by atoms with van der Waals surface area (Å²) in [4.78, 5) is 4.68. The molecule has 3 unspecified atom stereocenters. The molecule has 1 heterocycles. The van der Waals surface area contributed by atoms with Crippen LogP contribution in [0.25, 0.3) is 0 Å². The normalized spacial score (nSPS) is 28.8. The van der Waals surface area contributed by atoms with Gasteiger partial charge in [-0.25, -0.2) is 5.90 Å². The van der Waals surface area contributed by atoms with Crippen LogP contribution in [0.1, 0.15) is 43.8 Å². The molecule has 3 nitrogen and oxygen atoms in total. The van der Waals surface area contributed by atoms with Crippen LogP contribution in [0.3, 0.4) is 0 Å². The third kappa shape index (κ3) is 1.62. The van der Waals surface area contributed by atoms with E-state index in [1.165, 1.54) is 6.42 Å². The number of rotatable bonds is 3. The third-order valence-corrected chi connectivity index (χ3v) is 2.73. The van der Waals surface area contributed by atoms with E-state index in [4.69, 9.17) is 10.3 Å². The molecule has 0 saturated heterocycles. The van der Waals surface area contributed by atoms with Gasteiger partial charge in [0.05, 0.1) is 0 Å². The van der Waals surface area contributed by atoms with Gasteiger partial charge in [-0.2, -0.15) is 0 Å². The standard InChI is InChI=1S/C10H15NO2/c1-6-5-8(6)10-4-3-9(12-10)7(2)13-11/h3-4,6-8H,5,11H2,1-2H3. The Labute approximate surface area is 77.8 Å². The van der Waals surface area contributed by atoms with Gasteiger partial charge in [-0.05, 0) is 31.4 Å². The molecule has 2 N–H and O–H groups in total. The van der Waals surface area contributed by atoms with Crippen LogP contribution in [0.2, 0.25) is 0 Å². The molecule has 1 fully saturated rings. The summed E-state index contributed by atoms with van der Waals surface area (Å²) in [6.45, 7) is 4.11. The number of hydrogen-bond donors (Lipinski definition) is 1. The fourth-order valence-electron chi connectivity index (χ4n) is 1.57. The lowest BCUT2D eigenvalue weighted by atomic mass is 10.2. The molecule has 1 aromatic rings. The van der Waals surface area contributed by atoms with Gasteiger partial charge in [-0.1, -0.05) is 6.92 Å². The molecule has 0 aromatic carbocycles. The minimum Gasteiger partial charge on any atom is -0.463 e. The molecule has 3 atom stereocenters. The van der Waals surface area contributed by atoms with E-state index in [1.807, 2.05) is 19.1 Å². The Balaban J connectivity index is 2.09. The van der Waals surface area contributed by atoms with Gasteiger partial charge in [0.15, 0.2) is 0 Å². The summed E-state index contributed by atoms with van der Waals surface area (Å²) < 4.78 is 5.63. The summed E-state index contributed by atoms with van der Waals surface area (Å²) in [7, 11) is 0. The molecule has 1 aliphatic rings. The molecule has 0 bridgehead atoms. The second kappa shape index (κ2) is 3.16. The third-order valence-electron chi connectivity index (χ3n) is 2.73. The Kier molecular flexibility index (Phi) is 2.14. The van der Waals surface area contributed by atoms with Gasteiger partial charge in [0.2, 0.25) is 0 Å². The van der Waals surface area contributed by atoms with Crippen LogP contribution in [0, 0.1) is 5.92 Å². The molecule has 1 saturated carbocycles. The van der Waals surface area contributed by atoms with Crippen molar-refractivity contribution >= 4 is 0 Å². The van der Waals surface area contributed by atoms with Crippen molar-refractivity contribution in [2.45, 2.75) is 32.3 Å². The topological polar surface area (TPSA) is 48.4 Å². The van der Waals surface area contributed by atoms with E-state index in [1.54, 1.807) is 0 Å². The Morgan fingerprint density at radius 2 is 2.31 bits per heavy atom. The second-order valence-electron chi connectivity index (χ2n) is 3.84. The maximum atomic E-state index is 5.63. The van der Waals surface area contributed by atoms with Crippen LogP contribution in [0.5, 0.6) is 0 Å². The minimum atomic E-state index is -0.150. The largest absolute Gasteiger partial charge is 0.463 e. The van der Waals surface area contributed by atoms with Gasteiger partial charge in [-0.3, -0.25) is 4.84 Å². The van der Waals surface area contributed by atoms with Crippen molar-refractivity contribution in [2.75, 3.05) is 0 Å². The minimum absolute atomic E-state index is 0.150. The summed E-state index contributed by atoms with van der Waals surface area (Å²) in [5.41, 5.74) is 0. The van der Waals surface area contributed by atoms with Gasteiger partial charge in [0.25, 0.3) is 0 Å². The lowest BCUT2D eigenvalue weighted by Crippen LogP contribution is -2.03. The summed E-state index contributed by atoms with van der Waals surface area (Å²) in [5, 5.41) is 0. The van der Waals surface area contributed by atoms with E-state index in [-0.39, 0.29) is 6.10 Å². The quantitative estimate of drug-likeness (QED) is 0.728. The van der Waals surface area contributed by atoms with Gasteiger partial charge in [0, 0.05) is 5.92 Å². The average Bonchev–Trinajstić information content (AvgIpc) is 2.70. The highest BCUT2D eigenvalue weighted by Crippen LogP contribution is 2.47. The summed E-state index contributed by atoms with van der Waals surface area (Å²) in [6.07, 6.45) is 1.09. The zero-order chi connectivity index (χ0) is 9.42. The molecule has 0 amide bonds. The van der Waals surface area contributed by atoms with Gasteiger partial charge < -0.3 is 4.42 Å². The van der Waals surface area contributed by atoms with E-state index in [0.717, 1.165) is 17.4 Å². The van der Waals surface area contributed by atoms with Crippen molar-refractivity contribution in [3.63, 3.8) is 0 Å². The first-order valence-electron chi connectivity index (χ1n) is 4.67. The van der Waals surface area contributed by atoms with Crippen molar-refractivity contribution < 1.29 is 9.25 Å². The number of hydrogen-bond acceptors (Lipinski definition) is 3. The van der Waals surface area contributed by atoms with Crippen LogP contribution >= 0.6 is 0 Å². The number of nitrogens with two attached hydrogens (primary N) is 1. The molecular formula is C10H15NO2. The van der Waals surface area contributed by atoms with Crippen LogP contribution in [0.15, 0.2) is 16.5 Å². The Bertz CT molecular complexity index is 276. The van der Waals surface area contributed by atoms with Crippen molar-refractivity contribution in [3.05, 3.63) is 23.7 Å². The first-order valence-corrected chi connectivity index (χ1v) is 4.67. The summed E-state index contributed by atoms with van der Waals surface area (Å²) in [6, 6.07) is 3.97. The molecule has 13 heavy (non-hydrogen) atoms. The smallest absolute Gasteiger partial charge is 0.134 e. The lowest BCUT2D eigenvalue weighted by Gasteiger charge is -2.03. The molecule has 0 radical (unpaired) electrons. The van der Waals surface area contributed by atoms with Crippen molar-refractivity contribution in [1.82, 2.24) is 0 Å². The van der Waals surface area contributed by atoms with Crippen molar-refractivity contribution in [1.29, 1.82) is 0 Å². The molecule has 1 aliphatic carbocycles. The molecule has 1 aromatic heterocycles. The summed E-state index contributed by atoms with van der Waals surface area (Å²) in [5.74, 6) is 8.36. The highest BCUT2D eigenvalue weighted by atomic mass is 16.6. The molecule has 3 heteroatoms. The fourth-order valence-corrected chi connectivity index (χ4v) is 1.57. The van der Waals surface area contributed by atoms with Crippen LogP contribution in [0.4, 0.5) is 0 Å². The fraction of sp³-hybridized carbons (Fsp3) is 0.600. The van der Waals surface area contributed by atoms with E-state index < -0.39 is 0 Å². The lowest BCUT2D eigenvalue weighted by molar-refractivity contribution is 0.0500. The molecule has 0 aliphatic heterocycles. The van der Waals surface area contributed by atoms with Crippen LogP contribution in [-0.4, -0.2) is 0 Å². The second-order valence-corrected chi connectivity index (χ2v) is 3.84. The molecule has 72 valence electrons. The van der Waals surface area contributed by atoms with Crippen molar-refractivity contribution in [2.24, 2.45) is 11.8 Å². The van der Waals surface area contributed by atoms with Gasteiger partial charge in [-0.15, -0.1) is 0 Å². The maximum Gasteiger partial charge on any atom is 0.134 e. The van der Waals surface area contributed by atoms with Gasteiger partial charge >= 0.3 is 0 Å². The monoisotopic (exact) mass is 181 g/mol. The Hall–Kier alpha value is -0.800. The zero-order valence-corrected chi connectivity index (χ0v) is 7.99. The van der Waals surface area contributed by atoms with Crippen LogP contribution in [-0.2, 0) is 4.84 Å². The molecule has 2 rings (SSSR count). The highest BCUT2D eigenvalue weighted by molar-refractivity contribution is 5.18. The number of furan rings is 1. The van der Waals surface area contributed by atoms with E-state index >= 15 is 0 Å². The molecular weight excluding hydrogens is 166 g/mol. The van der Waals surface area contributed by atoms with E-state index in [0.29, 0.717) is 5.92 Å². The average molecular weight is 181 g/mol. The molecule has 0 spiro atoms. The maximum absolute atomic E-state index is 5.63. The van der Waals surface area contributed by atoms with E-state index in [2.05, 4.69) is 11.8 Å². The summed E-state index contributed by atoms with van der Waals surface area (Å²) >= 11 is 0. The first-order chi connectivity index (χ1) is 6.22. The van der Waals surface area contributed by atoms with Gasteiger partial charge in [0.1, 0.15) is 17.6 Å². The first kappa shape index (κ1) is 8.78. The van der Waals surface area contributed by atoms with Crippen molar-refractivity contribution in [3.8, 4) is 0 Å². The SMILES string of the molecule is CC(ON)c1ccc(C2CC2C)o1. The predicted octanol–water partition coefficient (Wildman–Crippen LogP) is 2.35. The Morgan fingerprint density at radius 1 is 1.62 bits per heavy atom. The van der Waals surface area contributed by atoms with E-state index in [9.17, 15) is 0 Å². The van der Waals surface area contributed by atoms with Crippen LogP contribution < -0.4 is 5.90 Å². The Morgan fingerprint density at radius 3 is 2.85 bits per heavy atom. The zero-order valence-electron chi connectivity index (χ0n) is 7.99.